The molecule has 1 aromatic carbocycles. The molecular weight excluding hydrogens is 326 g/mol. The minimum absolute atomic E-state index is 0.00122. The zero-order chi connectivity index (χ0) is 17.9. The monoisotopic (exact) mass is 357 g/mol. The number of fused-ring (bicyclic) bond motifs is 4. The molecule has 2 bridgehead atoms. The number of hydrogen-bond acceptors (Lipinski definition) is 4. The second-order valence-electron chi connectivity index (χ2n) is 8.18. The fourth-order valence-corrected chi connectivity index (χ4v) is 5.12. The lowest BCUT2D eigenvalue weighted by Gasteiger charge is -2.51. The molecule has 4 aliphatic heterocycles. The molecule has 1 N–H and O–H groups in total. The lowest BCUT2D eigenvalue weighted by atomic mass is 9.75. The van der Waals surface area contributed by atoms with Gasteiger partial charge in [0.1, 0.15) is 6.61 Å². The van der Waals surface area contributed by atoms with Crippen molar-refractivity contribution in [3.8, 4) is 0 Å². The number of piperidine rings is 3. The van der Waals surface area contributed by atoms with Crippen molar-refractivity contribution in [2.75, 3.05) is 46.4 Å². The summed E-state index contributed by atoms with van der Waals surface area (Å²) in [5, 5.41) is 3.03. The van der Waals surface area contributed by atoms with Crippen molar-refractivity contribution < 1.29 is 9.53 Å². The Balaban J connectivity index is 1.29. The van der Waals surface area contributed by atoms with Gasteiger partial charge in [-0.05, 0) is 48.8 Å². The van der Waals surface area contributed by atoms with E-state index < -0.39 is 0 Å². The van der Waals surface area contributed by atoms with Crippen LogP contribution in [-0.4, -0.2) is 68.2 Å². The van der Waals surface area contributed by atoms with Gasteiger partial charge in [-0.2, -0.15) is 0 Å². The summed E-state index contributed by atoms with van der Waals surface area (Å²) < 4.78 is 4.90. The predicted octanol–water partition coefficient (Wildman–Crippen LogP) is 1.52. The van der Waals surface area contributed by atoms with Crippen LogP contribution in [0.3, 0.4) is 0 Å². The number of nitrogens with one attached hydrogen (secondary N) is 1. The Labute approximate surface area is 156 Å². The highest BCUT2D eigenvalue weighted by Gasteiger charge is 2.40. The maximum Gasteiger partial charge on any atom is 0.246 e. The third kappa shape index (κ3) is 3.95. The molecule has 5 nitrogen and oxygen atoms in total. The summed E-state index contributed by atoms with van der Waals surface area (Å²) in [5.74, 6) is 1.58. The molecule has 1 amide bonds. The molecule has 4 heterocycles. The minimum Gasteiger partial charge on any atom is -0.375 e. The molecule has 4 atom stereocenters. The first-order chi connectivity index (χ1) is 12.7. The van der Waals surface area contributed by atoms with Crippen molar-refractivity contribution in [1.29, 1.82) is 0 Å². The van der Waals surface area contributed by atoms with E-state index in [1.54, 1.807) is 7.11 Å². The molecule has 0 radical (unpaired) electrons. The van der Waals surface area contributed by atoms with Crippen LogP contribution in [0.25, 0.3) is 0 Å². The van der Waals surface area contributed by atoms with Gasteiger partial charge in [-0.25, -0.2) is 0 Å². The van der Waals surface area contributed by atoms with Crippen molar-refractivity contribution in [2.45, 2.75) is 31.8 Å². The third-order valence-electron chi connectivity index (χ3n) is 6.53. The van der Waals surface area contributed by atoms with Crippen LogP contribution in [0.2, 0.25) is 0 Å². The van der Waals surface area contributed by atoms with Crippen LogP contribution in [0.15, 0.2) is 24.3 Å². The first kappa shape index (κ1) is 18.0. The maximum absolute atomic E-state index is 11.7. The number of benzene rings is 1. The summed E-state index contributed by atoms with van der Waals surface area (Å²) in [6, 6.07) is 9.40. The first-order valence-corrected chi connectivity index (χ1v) is 10.0. The van der Waals surface area contributed by atoms with Gasteiger partial charge in [-0.1, -0.05) is 24.3 Å². The van der Waals surface area contributed by atoms with Crippen LogP contribution in [-0.2, 0) is 22.5 Å². The number of rotatable bonds is 6. The van der Waals surface area contributed by atoms with Gasteiger partial charge in [-0.3, -0.25) is 14.6 Å². The van der Waals surface area contributed by atoms with Crippen LogP contribution < -0.4 is 5.32 Å². The highest BCUT2D eigenvalue weighted by molar-refractivity contribution is 5.77. The fraction of sp³-hybridized carbons (Fsp3) is 0.667. The normalized spacial score (nSPS) is 30.8. The van der Waals surface area contributed by atoms with Gasteiger partial charge in [0.05, 0.1) is 0 Å². The number of ether oxygens (including phenoxy) is 1. The fourth-order valence-electron chi connectivity index (χ4n) is 5.12. The molecule has 0 spiro atoms. The summed E-state index contributed by atoms with van der Waals surface area (Å²) >= 11 is 0. The van der Waals surface area contributed by atoms with Crippen molar-refractivity contribution in [3.05, 3.63) is 35.4 Å². The molecule has 3 fully saturated rings. The quantitative estimate of drug-likeness (QED) is 0.838. The molecule has 26 heavy (non-hydrogen) atoms. The van der Waals surface area contributed by atoms with Crippen LogP contribution in [0.1, 0.15) is 24.0 Å². The van der Waals surface area contributed by atoms with Gasteiger partial charge >= 0.3 is 0 Å². The molecule has 3 saturated heterocycles. The zero-order valence-electron chi connectivity index (χ0n) is 15.8. The molecule has 142 valence electrons. The third-order valence-corrected chi connectivity index (χ3v) is 6.53. The van der Waals surface area contributed by atoms with Crippen molar-refractivity contribution in [3.63, 3.8) is 0 Å². The van der Waals surface area contributed by atoms with E-state index in [1.807, 2.05) is 0 Å². The van der Waals surface area contributed by atoms with E-state index in [2.05, 4.69) is 39.4 Å². The Kier molecular flexibility index (Phi) is 5.57. The van der Waals surface area contributed by atoms with E-state index in [0.29, 0.717) is 6.04 Å². The van der Waals surface area contributed by atoms with Crippen LogP contribution in [0.4, 0.5) is 0 Å². The number of methoxy groups -OCH3 is 1. The Hall–Kier alpha value is -1.43. The summed E-state index contributed by atoms with van der Waals surface area (Å²) in [7, 11) is 1.56. The second-order valence-corrected chi connectivity index (χ2v) is 8.18. The minimum atomic E-state index is -0.00122. The number of amides is 1. The van der Waals surface area contributed by atoms with Crippen molar-refractivity contribution >= 4 is 5.91 Å². The van der Waals surface area contributed by atoms with Crippen molar-refractivity contribution in [1.82, 2.24) is 15.1 Å². The summed E-state index contributed by atoms with van der Waals surface area (Å²) in [5.41, 5.74) is 3.04. The summed E-state index contributed by atoms with van der Waals surface area (Å²) in [6.45, 7) is 6.82. The molecule has 5 rings (SSSR count). The van der Waals surface area contributed by atoms with E-state index in [0.717, 1.165) is 24.9 Å². The Morgan fingerprint density at radius 3 is 2.88 bits per heavy atom. The van der Waals surface area contributed by atoms with E-state index in [1.165, 1.54) is 56.6 Å². The van der Waals surface area contributed by atoms with Gasteiger partial charge in [0, 0.05) is 45.9 Å². The SMILES string of the molecule is COCC(=O)NC[C@@H]1C[C@H]2CCN1C[C@@H]2CN1CCc2ccccc2C1. The molecule has 4 aliphatic rings. The number of hydrogen-bond donors (Lipinski definition) is 1. The van der Waals surface area contributed by atoms with E-state index in [-0.39, 0.29) is 12.5 Å². The molecule has 0 saturated carbocycles. The Bertz CT molecular complexity index is 635. The first-order valence-electron chi connectivity index (χ1n) is 10.0. The lowest BCUT2D eigenvalue weighted by Crippen LogP contribution is -2.58. The smallest absolute Gasteiger partial charge is 0.246 e. The van der Waals surface area contributed by atoms with Gasteiger partial charge in [0.25, 0.3) is 0 Å². The van der Waals surface area contributed by atoms with Gasteiger partial charge in [-0.15, -0.1) is 0 Å². The highest BCUT2D eigenvalue weighted by Crippen LogP contribution is 2.37. The number of nitrogens with zero attached hydrogens (tertiary/aromatic N) is 2. The van der Waals surface area contributed by atoms with E-state index >= 15 is 0 Å². The molecule has 0 aliphatic carbocycles. The number of carbonyl (C=O) groups is 1. The van der Waals surface area contributed by atoms with Crippen LogP contribution in [0, 0.1) is 11.8 Å². The topological polar surface area (TPSA) is 44.8 Å². The van der Waals surface area contributed by atoms with Gasteiger partial charge in [0.2, 0.25) is 5.91 Å². The summed E-state index contributed by atoms with van der Waals surface area (Å²) in [6.07, 6.45) is 3.73. The van der Waals surface area contributed by atoms with Crippen molar-refractivity contribution in [2.24, 2.45) is 11.8 Å². The van der Waals surface area contributed by atoms with Crippen LogP contribution >= 0.6 is 0 Å². The molecule has 0 aromatic heterocycles. The maximum atomic E-state index is 11.7. The second kappa shape index (κ2) is 8.07. The molecule has 1 aromatic rings. The van der Waals surface area contributed by atoms with Gasteiger partial charge in [0.15, 0.2) is 0 Å². The van der Waals surface area contributed by atoms with E-state index in [9.17, 15) is 4.79 Å². The Morgan fingerprint density at radius 1 is 1.27 bits per heavy atom. The largest absolute Gasteiger partial charge is 0.375 e. The average Bonchev–Trinajstić information content (AvgIpc) is 2.67. The predicted molar refractivity (Wildman–Crippen MR) is 102 cm³/mol. The molecular formula is C21H31N3O2. The Morgan fingerprint density at radius 2 is 2.12 bits per heavy atom. The van der Waals surface area contributed by atoms with Crippen LogP contribution in [0.5, 0.6) is 0 Å². The van der Waals surface area contributed by atoms with E-state index in [4.69, 9.17) is 4.74 Å². The summed E-state index contributed by atoms with van der Waals surface area (Å²) in [4.78, 5) is 16.9. The molecule has 5 heteroatoms. The average molecular weight is 357 g/mol. The zero-order valence-corrected chi connectivity index (χ0v) is 15.8. The lowest BCUT2D eigenvalue weighted by molar-refractivity contribution is -0.125. The molecule has 1 unspecified atom stereocenters. The van der Waals surface area contributed by atoms with Gasteiger partial charge < -0.3 is 10.1 Å². The standard InChI is InChI=1S/C21H31N3O2/c1-26-15-21(25)22-11-20-10-17-7-9-24(20)14-19(17)13-23-8-6-16-4-2-3-5-18(16)12-23/h2-5,17,19-20H,6-15H2,1H3,(H,22,25)/t17-,19+,20+/m1/s1. The highest BCUT2D eigenvalue weighted by atomic mass is 16.5. The number of carbonyl (C=O) groups excluding carboxylic acids is 1.